The first-order valence-corrected chi connectivity index (χ1v) is 6.85. The van der Waals surface area contributed by atoms with Gasteiger partial charge in [-0.15, -0.1) is 0 Å². The van der Waals surface area contributed by atoms with Crippen molar-refractivity contribution >= 4 is 6.34 Å². The van der Waals surface area contributed by atoms with Crippen LogP contribution in [0.15, 0.2) is 23.2 Å². The van der Waals surface area contributed by atoms with Crippen molar-refractivity contribution in [2.75, 3.05) is 33.4 Å². The van der Waals surface area contributed by atoms with Crippen LogP contribution >= 0.6 is 0 Å². The molecular formula is C15H22N2O2. The van der Waals surface area contributed by atoms with E-state index < -0.39 is 0 Å². The van der Waals surface area contributed by atoms with Gasteiger partial charge in [-0.2, -0.15) is 0 Å². The third kappa shape index (κ3) is 3.19. The molecule has 0 aliphatic carbocycles. The fourth-order valence-corrected chi connectivity index (χ4v) is 2.44. The molecule has 1 heterocycles. The van der Waals surface area contributed by atoms with Gasteiger partial charge in [0.25, 0.3) is 0 Å². The lowest BCUT2D eigenvalue weighted by molar-refractivity contribution is 0.307. The molecule has 2 rings (SSSR count). The second kappa shape index (κ2) is 6.45. The average molecular weight is 262 g/mol. The molecule has 0 bridgehead atoms. The minimum absolute atomic E-state index is 0.319. The Morgan fingerprint density at radius 3 is 2.37 bits per heavy atom. The summed E-state index contributed by atoms with van der Waals surface area (Å²) in [6, 6.07) is 6.01. The summed E-state index contributed by atoms with van der Waals surface area (Å²) in [7, 11) is 2.04. The van der Waals surface area contributed by atoms with Crippen LogP contribution in [-0.2, 0) is 0 Å². The number of hydrogen-bond acceptors (Lipinski definition) is 4. The Bertz CT molecular complexity index is 422. The van der Waals surface area contributed by atoms with Crippen LogP contribution in [-0.4, -0.2) is 44.6 Å². The molecule has 104 valence electrons. The Morgan fingerprint density at radius 2 is 1.84 bits per heavy atom. The van der Waals surface area contributed by atoms with Crippen LogP contribution in [0.1, 0.15) is 25.3 Å². The maximum atomic E-state index is 5.76. The Balaban J connectivity index is 2.36. The predicted octanol–water partition coefficient (Wildman–Crippen LogP) is 2.54. The molecule has 0 aromatic heterocycles. The summed E-state index contributed by atoms with van der Waals surface area (Å²) in [5.74, 6) is 2.16. The van der Waals surface area contributed by atoms with Gasteiger partial charge in [0.1, 0.15) is 11.5 Å². The quantitative estimate of drug-likeness (QED) is 0.817. The number of rotatable bonds is 5. The fraction of sp³-hybridized carbons (Fsp3) is 0.533. The second-order valence-electron chi connectivity index (χ2n) is 4.65. The summed E-state index contributed by atoms with van der Waals surface area (Å²) in [4.78, 5) is 6.51. The molecule has 1 atom stereocenters. The summed E-state index contributed by atoms with van der Waals surface area (Å²) in [5, 5.41) is 0. The van der Waals surface area contributed by atoms with Crippen molar-refractivity contribution in [1.29, 1.82) is 0 Å². The van der Waals surface area contributed by atoms with Gasteiger partial charge < -0.3 is 14.4 Å². The molecular weight excluding hydrogens is 240 g/mol. The number of benzene rings is 1. The zero-order chi connectivity index (χ0) is 13.7. The molecule has 19 heavy (non-hydrogen) atoms. The molecule has 0 saturated carbocycles. The zero-order valence-electron chi connectivity index (χ0n) is 11.9. The zero-order valence-corrected chi connectivity index (χ0v) is 11.9. The molecule has 0 saturated heterocycles. The molecule has 0 fully saturated rings. The van der Waals surface area contributed by atoms with Gasteiger partial charge >= 0.3 is 0 Å². The highest BCUT2D eigenvalue weighted by Gasteiger charge is 2.23. The lowest BCUT2D eigenvalue weighted by Crippen LogP contribution is -2.29. The molecule has 4 nitrogen and oxygen atoms in total. The van der Waals surface area contributed by atoms with Crippen LogP contribution in [0.2, 0.25) is 0 Å². The van der Waals surface area contributed by atoms with E-state index >= 15 is 0 Å². The topological polar surface area (TPSA) is 34.1 Å². The summed E-state index contributed by atoms with van der Waals surface area (Å²) in [5.41, 5.74) is 1.15. The molecule has 1 aromatic carbocycles. The molecule has 0 amide bonds. The van der Waals surface area contributed by atoms with Gasteiger partial charge in [0, 0.05) is 31.6 Å². The van der Waals surface area contributed by atoms with Crippen molar-refractivity contribution in [1.82, 2.24) is 4.90 Å². The van der Waals surface area contributed by atoms with Crippen molar-refractivity contribution in [3.05, 3.63) is 23.8 Å². The van der Waals surface area contributed by atoms with Gasteiger partial charge in [0.05, 0.1) is 19.6 Å². The van der Waals surface area contributed by atoms with Crippen LogP contribution < -0.4 is 9.47 Å². The van der Waals surface area contributed by atoms with Crippen LogP contribution in [0.25, 0.3) is 0 Å². The van der Waals surface area contributed by atoms with Crippen LogP contribution in [0.5, 0.6) is 11.5 Å². The monoisotopic (exact) mass is 262 g/mol. The van der Waals surface area contributed by atoms with Gasteiger partial charge in [-0.05, 0) is 26.0 Å². The maximum Gasteiger partial charge on any atom is 0.126 e. The van der Waals surface area contributed by atoms with Crippen LogP contribution in [0, 0.1) is 0 Å². The molecule has 0 radical (unpaired) electrons. The fourth-order valence-electron chi connectivity index (χ4n) is 2.44. The van der Waals surface area contributed by atoms with Gasteiger partial charge in [-0.25, -0.2) is 0 Å². The smallest absolute Gasteiger partial charge is 0.126 e. The van der Waals surface area contributed by atoms with E-state index in [1.54, 1.807) is 0 Å². The predicted molar refractivity (Wildman–Crippen MR) is 77.5 cm³/mol. The van der Waals surface area contributed by atoms with Crippen LogP contribution in [0.3, 0.4) is 0 Å². The van der Waals surface area contributed by atoms with Crippen molar-refractivity contribution in [2.24, 2.45) is 4.99 Å². The maximum absolute atomic E-state index is 5.76. The Morgan fingerprint density at radius 1 is 1.21 bits per heavy atom. The largest absolute Gasteiger partial charge is 0.493 e. The van der Waals surface area contributed by atoms with E-state index in [1.807, 2.05) is 45.4 Å². The minimum atomic E-state index is 0.319. The number of hydrogen-bond donors (Lipinski definition) is 0. The van der Waals surface area contributed by atoms with Crippen molar-refractivity contribution in [2.45, 2.75) is 19.8 Å². The third-order valence-electron chi connectivity index (χ3n) is 3.15. The number of nitrogens with zero attached hydrogens (tertiary/aromatic N) is 2. The van der Waals surface area contributed by atoms with E-state index in [2.05, 4.69) is 9.89 Å². The molecule has 0 spiro atoms. The molecule has 1 unspecified atom stereocenters. The van der Waals surface area contributed by atoms with Crippen molar-refractivity contribution in [3.63, 3.8) is 0 Å². The lowest BCUT2D eigenvalue weighted by atomic mass is 9.95. The first kappa shape index (κ1) is 13.7. The normalized spacial score (nSPS) is 18.5. The summed E-state index contributed by atoms with van der Waals surface area (Å²) in [6.07, 6.45) is 1.89. The van der Waals surface area contributed by atoms with Crippen molar-refractivity contribution in [3.8, 4) is 11.5 Å². The SMILES string of the molecule is CCOc1cccc(OCC)c1C1CN=CN(C)C1. The standard InChI is InChI=1S/C15H22N2O2/c1-4-18-13-7-6-8-14(19-5-2)15(13)12-9-16-11-17(3)10-12/h6-8,11-12H,4-5,9-10H2,1-3H3. The van der Waals surface area contributed by atoms with E-state index in [-0.39, 0.29) is 0 Å². The van der Waals surface area contributed by atoms with E-state index in [0.29, 0.717) is 19.1 Å². The van der Waals surface area contributed by atoms with Gasteiger partial charge in [-0.3, -0.25) is 4.99 Å². The number of ether oxygens (including phenoxy) is 2. The van der Waals surface area contributed by atoms with Crippen LogP contribution in [0.4, 0.5) is 0 Å². The van der Waals surface area contributed by atoms with Gasteiger partial charge in [0.2, 0.25) is 0 Å². The van der Waals surface area contributed by atoms with E-state index in [4.69, 9.17) is 9.47 Å². The molecule has 1 aromatic rings. The first-order valence-electron chi connectivity index (χ1n) is 6.85. The van der Waals surface area contributed by atoms with E-state index in [9.17, 15) is 0 Å². The Labute approximate surface area is 115 Å². The summed E-state index contributed by atoms with van der Waals surface area (Å²) < 4.78 is 11.5. The molecule has 4 heteroatoms. The van der Waals surface area contributed by atoms with E-state index in [0.717, 1.165) is 30.2 Å². The highest BCUT2D eigenvalue weighted by atomic mass is 16.5. The molecule has 1 aliphatic heterocycles. The minimum Gasteiger partial charge on any atom is -0.493 e. The van der Waals surface area contributed by atoms with Crippen molar-refractivity contribution < 1.29 is 9.47 Å². The Kier molecular flexibility index (Phi) is 4.66. The lowest BCUT2D eigenvalue weighted by Gasteiger charge is -2.28. The van der Waals surface area contributed by atoms with E-state index in [1.165, 1.54) is 0 Å². The highest BCUT2D eigenvalue weighted by Crippen LogP contribution is 2.36. The van der Waals surface area contributed by atoms with Gasteiger partial charge in [0.15, 0.2) is 0 Å². The molecule has 1 aliphatic rings. The first-order chi connectivity index (χ1) is 9.26. The number of likely N-dealkylation sites (N-methyl/N-ethyl adjacent to an activating group) is 1. The second-order valence-corrected chi connectivity index (χ2v) is 4.65. The average Bonchev–Trinajstić information content (AvgIpc) is 2.40. The number of aliphatic imine (C=N–C) groups is 1. The Hall–Kier alpha value is -1.71. The van der Waals surface area contributed by atoms with Gasteiger partial charge in [-0.1, -0.05) is 6.07 Å². The summed E-state index contributed by atoms with van der Waals surface area (Å²) >= 11 is 0. The summed E-state index contributed by atoms with van der Waals surface area (Å²) in [6.45, 7) is 7.05. The molecule has 0 N–H and O–H groups in total. The highest BCUT2D eigenvalue weighted by molar-refractivity contribution is 5.57. The third-order valence-corrected chi connectivity index (χ3v) is 3.15.